The molecule has 0 spiro atoms. The highest BCUT2D eigenvalue weighted by Gasteiger charge is 2.42. The van der Waals surface area contributed by atoms with Gasteiger partial charge in [-0.2, -0.15) is 0 Å². The number of hydrogen-bond donors (Lipinski definition) is 2. The molecule has 1 fully saturated rings. The Balaban J connectivity index is 2.65. The second-order valence-corrected chi connectivity index (χ2v) is 3.39. The lowest BCUT2D eigenvalue weighted by molar-refractivity contribution is -0.147. The maximum absolute atomic E-state index is 10.8. The largest absolute Gasteiger partial charge is 0.480 e. The second kappa shape index (κ2) is 2.81. The molecule has 1 aliphatic carbocycles. The maximum atomic E-state index is 10.8. The van der Waals surface area contributed by atoms with Gasteiger partial charge in [0.15, 0.2) is 0 Å². The maximum Gasteiger partial charge on any atom is 0.323 e. The predicted molar refractivity (Wildman–Crippen MR) is 42.4 cm³/mol. The van der Waals surface area contributed by atoms with Gasteiger partial charge in [-0.15, -0.1) is 0 Å². The van der Waals surface area contributed by atoms with Crippen LogP contribution in [0.25, 0.3) is 0 Å². The van der Waals surface area contributed by atoms with Crippen LogP contribution in [0.4, 0.5) is 0 Å². The number of carboxylic acids is 1. The first-order chi connectivity index (χ1) is 5.11. The predicted octanol–water partition coefficient (Wildman–Crippen LogP) is 0.849. The van der Waals surface area contributed by atoms with Gasteiger partial charge in [0, 0.05) is 0 Å². The van der Waals surface area contributed by atoms with Crippen molar-refractivity contribution in [3.05, 3.63) is 0 Å². The summed E-state index contributed by atoms with van der Waals surface area (Å²) in [6.07, 6.45) is 3.27. The minimum atomic E-state index is -0.732. The summed E-state index contributed by atoms with van der Waals surface area (Å²) < 4.78 is 0. The molecule has 0 aromatic rings. The number of carbonyl (C=O) groups is 1. The van der Waals surface area contributed by atoms with Crippen molar-refractivity contribution in [2.75, 3.05) is 7.05 Å². The van der Waals surface area contributed by atoms with Crippen molar-refractivity contribution in [3.8, 4) is 0 Å². The van der Waals surface area contributed by atoms with Gasteiger partial charge in [0.1, 0.15) is 5.54 Å². The molecule has 3 heteroatoms. The van der Waals surface area contributed by atoms with Crippen molar-refractivity contribution in [1.29, 1.82) is 0 Å². The lowest BCUT2D eigenvalue weighted by Gasteiger charge is -2.39. The molecule has 3 nitrogen and oxygen atoms in total. The van der Waals surface area contributed by atoms with E-state index in [2.05, 4.69) is 5.32 Å². The van der Waals surface area contributed by atoms with Gasteiger partial charge < -0.3 is 10.4 Å². The number of carboxylic acid groups (broad SMARTS) is 1. The minimum Gasteiger partial charge on any atom is -0.480 e. The standard InChI is InChI=1S/C8H15NO2/c1-8(9-2,7(10)11)6-4-3-5-6/h6,9H,3-5H2,1-2H3,(H,10,11). The van der Waals surface area contributed by atoms with Gasteiger partial charge in [-0.25, -0.2) is 0 Å². The van der Waals surface area contributed by atoms with E-state index in [1.165, 1.54) is 6.42 Å². The van der Waals surface area contributed by atoms with E-state index in [1.807, 2.05) is 0 Å². The number of nitrogens with one attached hydrogen (secondary N) is 1. The molecule has 1 unspecified atom stereocenters. The van der Waals surface area contributed by atoms with Crippen molar-refractivity contribution < 1.29 is 9.90 Å². The molecular formula is C8H15NO2. The monoisotopic (exact) mass is 157 g/mol. The van der Waals surface area contributed by atoms with Crippen LogP contribution in [0.5, 0.6) is 0 Å². The summed E-state index contributed by atoms with van der Waals surface area (Å²) >= 11 is 0. The van der Waals surface area contributed by atoms with E-state index in [0.717, 1.165) is 12.8 Å². The van der Waals surface area contributed by atoms with Crippen LogP contribution in [0.15, 0.2) is 0 Å². The zero-order valence-electron chi connectivity index (χ0n) is 7.05. The van der Waals surface area contributed by atoms with Crippen molar-refractivity contribution in [2.45, 2.75) is 31.7 Å². The molecule has 0 saturated heterocycles. The fourth-order valence-electron chi connectivity index (χ4n) is 1.47. The third-order valence-corrected chi connectivity index (χ3v) is 2.89. The highest BCUT2D eigenvalue weighted by atomic mass is 16.4. The van der Waals surface area contributed by atoms with E-state index in [1.54, 1.807) is 14.0 Å². The lowest BCUT2D eigenvalue weighted by Crippen LogP contribution is -2.55. The molecule has 1 aliphatic rings. The smallest absolute Gasteiger partial charge is 0.323 e. The molecule has 0 amide bonds. The molecular weight excluding hydrogens is 142 g/mol. The number of likely N-dealkylation sites (N-methyl/N-ethyl adjacent to an activating group) is 1. The molecule has 64 valence electrons. The van der Waals surface area contributed by atoms with Crippen LogP contribution >= 0.6 is 0 Å². The van der Waals surface area contributed by atoms with Crippen LogP contribution < -0.4 is 5.32 Å². The zero-order valence-corrected chi connectivity index (χ0v) is 7.05. The van der Waals surface area contributed by atoms with Crippen molar-refractivity contribution in [1.82, 2.24) is 5.32 Å². The highest BCUT2D eigenvalue weighted by Crippen LogP contribution is 2.35. The van der Waals surface area contributed by atoms with Crippen molar-refractivity contribution in [2.24, 2.45) is 5.92 Å². The summed E-state index contributed by atoms with van der Waals surface area (Å²) in [5, 5.41) is 11.8. The molecule has 0 aromatic carbocycles. The molecule has 2 N–H and O–H groups in total. The summed E-state index contributed by atoms with van der Waals surface area (Å²) in [5.74, 6) is -0.408. The molecule has 1 atom stereocenters. The Hall–Kier alpha value is -0.570. The highest BCUT2D eigenvalue weighted by molar-refractivity contribution is 5.78. The van der Waals surface area contributed by atoms with Crippen LogP contribution in [-0.4, -0.2) is 23.7 Å². The van der Waals surface area contributed by atoms with Crippen LogP contribution in [0.2, 0.25) is 0 Å². The third-order valence-electron chi connectivity index (χ3n) is 2.89. The first-order valence-electron chi connectivity index (χ1n) is 4.03. The lowest BCUT2D eigenvalue weighted by atomic mass is 9.72. The molecule has 0 aliphatic heterocycles. The van der Waals surface area contributed by atoms with E-state index in [0.29, 0.717) is 5.92 Å². The summed E-state index contributed by atoms with van der Waals surface area (Å²) in [5.41, 5.74) is -0.696. The first-order valence-corrected chi connectivity index (χ1v) is 4.03. The van der Waals surface area contributed by atoms with Gasteiger partial charge in [-0.1, -0.05) is 6.42 Å². The van der Waals surface area contributed by atoms with E-state index < -0.39 is 11.5 Å². The van der Waals surface area contributed by atoms with Crippen molar-refractivity contribution in [3.63, 3.8) is 0 Å². The Morgan fingerprint density at radius 2 is 2.18 bits per heavy atom. The van der Waals surface area contributed by atoms with E-state index in [4.69, 9.17) is 5.11 Å². The van der Waals surface area contributed by atoms with E-state index in [-0.39, 0.29) is 0 Å². The molecule has 11 heavy (non-hydrogen) atoms. The molecule has 0 bridgehead atoms. The Morgan fingerprint density at radius 1 is 1.64 bits per heavy atom. The number of rotatable bonds is 3. The van der Waals surface area contributed by atoms with Gasteiger partial charge in [-0.05, 0) is 32.7 Å². The number of hydrogen-bond acceptors (Lipinski definition) is 2. The van der Waals surface area contributed by atoms with Gasteiger partial charge >= 0.3 is 5.97 Å². The Labute approximate surface area is 66.8 Å². The van der Waals surface area contributed by atoms with E-state index in [9.17, 15) is 4.79 Å². The van der Waals surface area contributed by atoms with Crippen molar-refractivity contribution >= 4 is 5.97 Å². The van der Waals surface area contributed by atoms with Gasteiger partial charge in [0.2, 0.25) is 0 Å². The van der Waals surface area contributed by atoms with Gasteiger partial charge in [0.05, 0.1) is 0 Å². The first kappa shape index (κ1) is 8.53. The topological polar surface area (TPSA) is 49.3 Å². The van der Waals surface area contributed by atoms with Crippen LogP contribution in [-0.2, 0) is 4.79 Å². The van der Waals surface area contributed by atoms with Crippen LogP contribution in [0.1, 0.15) is 26.2 Å². The SMILES string of the molecule is CNC(C)(C(=O)O)C1CCC1. The Kier molecular flexibility index (Phi) is 2.18. The van der Waals surface area contributed by atoms with Crippen LogP contribution in [0, 0.1) is 5.92 Å². The second-order valence-electron chi connectivity index (χ2n) is 3.39. The van der Waals surface area contributed by atoms with Gasteiger partial charge in [0.25, 0.3) is 0 Å². The molecule has 1 rings (SSSR count). The fraction of sp³-hybridized carbons (Fsp3) is 0.875. The molecule has 0 radical (unpaired) electrons. The molecule has 0 aromatic heterocycles. The van der Waals surface area contributed by atoms with Gasteiger partial charge in [-0.3, -0.25) is 4.79 Å². The summed E-state index contributed by atoms with van der Waals surface area (Å²) in [7, 11) is 1.71. The zero-order chi connectivity index (χ0) is 8.48. The Morgan fingerprint density at radius 3 is 2.27 bits per heavy atom. The van der Waals surface area contributed by atoms with E-state index >= 15 is 0 Å². The summed E-state index contributed by atoms with van der Waals surface area (Å²) in [6.45, 7) is 1.76. The van der Waals surface area contributed by atoms with Crippen LogP contribution in [0.3, 0.4) is 0 Å². The summed E-state index contributed by atoms with van der Waals surface area (Å²) in [4.78, 5) is 10.8. The molecule has 0 heterocycles. The normalized spacial score (nSPS) is 23.8. The number of aliphatic carboxylic acids is 1. The average Bonchev–Trinajstić information content (AvgIpc) is 1.83. The average molecular weight is 157 g/mol. The summed E-state index contributed by atoms with van der Waals surface area (Å²) in [6, 6.07) is 0. The molecule has 1 saturated carbocycles. The Bertz CT molecular complexity index is 165. The minimum absolute atomic E-state index is 0.324. The third kappa shape index (κ3) is 1.25. The fourth-order valence-corrected chi connectivity index (χ4v) is 1.47. The quantitative estimate of drug-likeness (QED) is 0.638.